The molecule has 0 aliphatic rings. The summed E-state index contributed by atoms with van der Waals surface area (Å²) in [5.74, 6) is -1.06. The molecule has 0 spiro atoms. The molecule has 0 aliphatic heterocycles. The van der Waals surface area contributed by atoms with Crippen LogP contribution in [0.3, 0.4) is 0 Å². The van der Waals surface area contributed by atoms with E-state index in [2.05, 4.69) is 5.32 Å². The Kier molecular flexibility index (Phi) is 7.57. The summed E-state index contributed by atoms with van der Waals surface area (Å²) in [7, 11) is 0. The Morgan fingerprint density at radius 2 is 2.00 bits per heavy atom. The van der Waals surface area contributed by atoms with E-state index in [0.717, 1.165) is 0 Å². The minimum atomic E-state index is -1.01. The number of carboxylic acid groups (broad SMARTS) is 1. The maximum absolute atomic E-state index is 11.1. The normalized spacial score (nSPS) is 12.1. The number of aliphatic carboxylic acids is 1. The van der Waals surface area contributed by atoms with Crippen molar-refractivity contribution in [3.05, 3.63) is 0 Å². The van der Waals surface area contributed by atoms with E-state index in [1.54, 1.807) is 0 Å². The first kappa shape index (κ1) is 13.9. The fourth-order valence-corrected chi connectivity index (χ4v) is 1.02. The summed E-state index contributed by atoms with van der Waals surface area (Å²) < 4.78 is 0. The van der Waals surface area contributed by atoms with E-state index in [4.69, 9.17) is 16.6 Å². The van der Waals surface area contributed by atoms with Crippen molar-refractivity contribution in [2.24, 2.45) is 11.5 Å². The van der Waals surface area contributed by atoms with Crippen LogP contribution in [0.15, 0.2) is 0 Å². The first-order valence-corrected chi connectivity index (χ1v) is 5.03. The molecule has 0 rings (SSSR count). The molecule has 0 fully saturated rings. The molecule has 0 radical (unpaired) electrons. The Bertz CT molecular complexity index is 209. The largest absolute Gasteiger partial charge is 0.480 e. The molecule has 0 heterocycles. The first-order chi connectivity index (χ1) is 7.07. The van der Waals surface area contributed by atoms with Crippen molar-refractivity contribution in [3.63, 3.8) is 0 Å². The molecule has 6 nitrogen and oxygen atoms in total. The SMILES string of the molecule is NCCCC(=O)NCCC[C@H](N)C(=O)O. The smallest absolute Gasteiger partial charge is 0.320 e. The second kappa shape index (κ2) is 8.19. The summed E-state index contributed by atoms with van der Waals surface area (Å²) in [5.41, 5.74) is 10.5. The van der Waals surface area contributed by atoms with Crippen LogP contribution < -0.4 is 16.8 Å². The van der Waals surface area contributed by atoms with Crippen molar-refractivity contribution in [1.82, 2.24) is 5.32 Å². The molecule has 0 saturated heterocycles. The molecule has 0 unspecified atom stereocenters. The third-order valence-electron chi connectivity index (χ3n) is 1.94. The zero-order chi connectivity index (χ0) is 11.7. The van der Waals surface area contributed by atoms with Gasteiger partial charge in [0.15, 0.2) is 0 Å². The van der Waals surface area contributed by atoms with Gasteiger partial charge in [-0.2, -0.15) is 0 Å². The molecule has 1 atom stereocenters. The van der Waals surface area contributed by atoms with E-state index in [0.29, 0.717) is 38.8 Å². The third-order valence-corrected chi connectivity index (χ3v) is 1.94. The lowest BCUT2D eigenvalue weighted by molar-refractivity contribution is -0.138. The van der Waals surface area contributed by atoms with Gasteiger partial charge < -0.3 is 21.9 Å². The van der Waals surface area contributed by atoms with Crippen molar-refractivity contribution in [1.29, 1.82) is 0 Å². The van der Waals surface area contributed by atoms with Crippen LogP contribution in [0.1, 0.15) is 25.7 Å². The van der Waals surface area contributed by atoms with Crippen molar-refractivity contribution < 1.29 is 14.7 Å². The van der Waals surface area contributed by atoms with Crippen LogP contribution in [0, 0.1) is 0 Å². The highest BCUT2D eigenvalue weighted by Gasteiger charge is 2.10. The van der Waals surface area contributed by atoms with Crippen molar-refractivity contribution in [2.45, 2.75) is 31.7 Å². The van der Waals surface area contributed by atoms with Gasteiger partial charge in [-0.15, -0.1) is 0 Å². The predicted octanol–water partition coefficient (Wildman–Crippen LogP) is -0.966. The summed E-state index contributed by atoms with van der Waals surface area (Å²) in [6.45, 7) is 0.960. The number of carboxylic acids is 1. The van der Waals surface area contributed by atoms with E-state index in [1.165, 1.54) is 0 Å². The standard InChI is InChI=1S/C9H19N3O3/c10-5-1-4-8(13)12-6-2-3-7(11)9(14)15/h7H,1-6,10-11H2,(H,12,13)(H,14,15)/t7-/m0/s1. The predicted molar refractivity (Wildman–Crippen MR) is 56.1 cm³/mol. The average molecular weight is 217 g/mol. The van der Waals surface area contributed by atoms with Gasteiger partial charge in [0.05, 0.1) is 0 Å². The van der Waals surface area contributed by atoms with E-state index in [-0.39, 0.29) is 5.91 Å². The van der Waals surface area contributed by atoms with E-state index >= 15 is 0 Å². The maximum atomic E-state index is 11.1. The Balaban J connectivity index is 3.38. The summed E-state index contributed by atoms with van der Waals surface area (Å²) in [4.78, 5) is 21.4. The van der Waals surface area contributed by atoms with Gasteiger partial charge >= 0.3 is 5.97 Å². The molecular formula is C9H19N3O3. The Labute approximate surface area is 89.0 Å². The molecule has 0 bridgehead atoms. The van der Waals surface area contributed by atoms with Crippen LogP contribution in [0.5, 0.6) is 0 Å². The molecule has 6 N–H and O–H groups in total. The third kappa shape index (κ3) is 7.90. The number of hydrogen-bond donors (Lipinski definition) is 4. The number of nitrogens with one attached hydrogen (secondary N) is 1. The second-order valence-corrected chi connectivity index (χ2v) is 3.33. The lowest BCUT2D eigenvalue weighted by Gasteiger charge is -2.07. The van der Waals surface area contributed by atoms with Gasteiger partial charge in [-0.05, 0) is 25.8 Å². The van der Waals surface area contributed by atoms with Gasteiger partial charge in [0.1, 0.15) is 6.04 Å². The average Bonchev–Trinajstić information content (AvgIpc) is 2.20. The highest BCUT2D eigenvalue weighted by Crippen LogP contribution is 1.93. The zero-order valence-corrected chi connectivity index (χ0v) is 8.74. The Morgan fingerprint density at radius 3 is 2.53 bits per heavy atom. The zero-order valence-electron chi connectivity index (χ0n) is 8.74. The van der Waals surface area contributed by atoms with Crippen LogP contribution in [0.2, 0.25) is 0 Å². The number of rotatable bonds is 8. The molecule has 15 heavy (non-hydrogen) atoms. The molecule has 1 amide bonds. The minimum Gasteiger partial charge on any atom is -0.480 e. The number of carbonyl (C=O) groups excluding carboxylic acids is 1. The van der Waals surface area contributed by atoms with Crippen LogP contribution in [0.25, 0.3) is 0 Å². The fraction of sp³-hybridized carbons (Fsp3) is 0.778. The van der Waals surface area contributed by atoms with Gasteiger partial charge in [0.25, 0.3) is 0 Å². The lowest BCUT2D eigenvalue weighted by Crippen LogP contribution is -2.32. The number of amides is 1. The van der Waals surface area contributed by atoms with Gasteiger partial charge in [0, 0.05) is 13.0 Å². The van der Waals surface area contributed by atoms with Gasteiger partial charge in [-0.1, -0.05) is 0 Å². The molecule has 88 valence electrons. The summed E-state index contributed by atoms with van der Waals surface area (Å²) >= 11 is 0. The highest BCUT2D eigenvalue weighted by molar-refractivity contribution is 5.75. The van der Waals surface area contributed by atoms with Crippen molar-refractivity contribution in [2.75, 3.05) is 13.1 Å². The van der Waals surface area contributed by atoms with E-state index in [1.807, 2.05) is 0 Å². The number of hydrogen-bond acceptors (Lipinski definition) is 4. The topological polar surface area (TPSA) is 118 Å². The second-order valence-electron chi connectivity index (χ2n) is 3.33. The Morgan fingerprint density at radius 1 is 1.33 bits per heavy atom. The summed E-state index contributed by atoms with van der Waals surface area (Å²) in [5, 5.41) is 11.1. The molecule has 6 heteroatoms. The number of nitrogens with two attached hydrogens (primary N) is 2. The van der Waals surface area contributed by atoms with Gasteiger partial charge in [-0.3, -0.25) is 9.59 Å². The van der Waals surface area contributed by atoms with Crippen LogP contribution in [-0.2, 0) is 9.59 Å². The minimum absolute atomic E-state index is 0.0515. The van der Waals surface area contributed by atoms with Crippen molar-refractivity contribution >= 4 is 11.9 Å². The highest BCUT2D eigenvalue weighted by atomic mass is 16.4. The number of carbonyl (C=O) groups is 2. The summed E-state index contributed by atoms with van der Waals surface area (Å²) in [6.07, 6.45) is 2.02. The van der Waals surface area contributed by atoms with Crippen LogP contribution in [-0.4, -0.2) is 36.1 Å². The molecule has 0 aromatic rings. The Hall–Kier alpha value is -1.14. The van der Waals surface area contributed by atoms with Crippen LogP contribution >= 0.6 is 0 Å². The maximum Gasteiger partial charge on any atom is 0.320 e. The van der Waals surface area contributed by atoms with Crippen molar-refractivity contribution in [3.8, 4) is 0 Å². The summed E-state index contributed by atoms with van der Waals surface area (Å²) in [6, 6.07) is -0.842. The molecular weight excluding hydrogens is 198 g/mol. The molecule has 0 aliphatic carbocycles. The van der Waals surface area contributed by atoms with Gasteiger partial charge in [0.2, 0.25) is 5.91 Å². The quantitative estimate of drug-likeness (QED) is 0.390. The van der Waals surface area contributed by atoms with Crippen LogP contribution in [0.4, 0.5) is 0 Å². The first-order valence-electron chi connectivity index (χ1n) is 5.03. The molecule has 0 aromatic carbocycles. The molecule has 0 saturated carbocycles. The fourth-order valence-electron chi connectivity index (χ4n) is 1.02. The van der Waals surface area contributed by atoms with E-state index < -0.39 is 12.0 Å². The van der Waals surface area contributed by atoms with Gasteiger partial charge in [-0.25, -0.2) is 0 Å². The monoisotopic (exact) mass is 217 g/mol. The van der Waals surface area contributed by atoms with E-state index in [9.17, 15) is 9.59 Å². The molecule has 0 aromatic heterocycles. The lowest BCUT2D eigenvalue weighted by atomic mass is 10.2.